The molecule has 0 spiro atoms. The molecule has 0 heterocycles. The van der Waals surface area contributed by atoms with Crippen LogP contribution in [0.25, 0.3) is 0 Å². The van der Waals surface area contributed by atoms with Crippen molar-refractivity contribution in [1.82, 2.24) is 0 Å². The van der Waals surface area contributed by atoms with Crippen molar-refractivity contribution in [2.75, 3.05) is 0 Å². The summed E-state index contributed by atoms with van der Waals surface area (Å²) < 4.78 is 0. The van der Waals surface area contributed by atoms with Gasteiger partial charge in [-0.15, -0.1) is 0 Å². The van der Waals surface area contributed by atoms with E-state index in [0.29, 0.717) is 0 Å². The van der Waals surface area contributed by atoms with Crippen LogP contribution < -0.4 is 0 Å². The van der Waals surface area contributed by atoms with E-state index in [1.54, 1.807) is 0 Å². The summed E-state index contributed by atoms with van der Waals surface area (Å²) in [6, 6.07) is 17.1. The van der Waals surface area contributed by atoms with Crippen molar-refractivity contribution in [1.29, 1.82) is 0 Å². The maximum Gasteiger partial charge on any atom is 0.0659 e. The molecule has 0 saturated heterocycles. The van der Waals surface area contributed by atoms with Crippen molar-refractivity contribution < 1.29 is 0 Å². The average molecular weight is 364 g/mol. The first-order chi connectivity index (χ1) is 10.3. The summed E-state index contributed by atoms with van der Waals surface area (Å²) >= 11 is 10.1. The highest BCUT2D eigenvalue weighted by Crippen LogP contribution is 2.37. The Kier molecular flexibility index (Phi) is 5.03. The van der Waals surface area contributed by atoms with E-state index in [9.17, 15) is 0 Å². The van der Waals surface area contributed by atoms with E-state index in [4.69, 9.17) is 11.6 Å². The molecule has 2 aromatic carbocycles. The van der Waals surface area contributed by atoms with Gasteiger partial charge in [-0.1, -0.05) is 89.3 Å². The predicted octanol–water partition coefficient (Wildman–Crippen LogP) is 6.87. The van der Waals surface area contributed by atoms with Crippen molar-refractivity contribution in [3.8, 4) is 0 Å². The summed E-state index contributed by atoms with van der Waals surface area (Å²) in [6.45, 7) is 0. The molecule has 1 aliphatic carbocycles. The van der Waals surface area contributed by atoms with Crippen LogP contribution in [0, 0.1) is 0 Å². The van der Waals surface area contributed by atoms with Gasteiger partial charge in [0.2, 0.25) is 0 Å². The van der Waals surface area contributed by atoms with Crippen LogP contribution in [0.15, 0.2) is 48.5 Å². The molecule has 110 valence electrons. The van der Waals surface area contributed by atoms with Crippen molar-refractivity contribution >= 4 is 27.5 Å². The van der Waals surface area contributed by atoms with Gasteiger partial charge in [-0.05, 0) is 41.5 Å². The van der Waals surface area contributed by atoms with Crippen LogP contribution in [-0.2, 0) is 0 Å². The number of hydrogen-bond donors (Lipinski definition) is 0. The first-order valence-corrected chi connectivity index (χ1v) is 9.03. The fourth-order valence-corrected chi connectivity index (χ4v) is 4.31. The Hall–Kier alpha value is -0.790. The molecule has 0 bridgehead atoms. The highest BCUT2D eigenvalue weighted by Gasteiger charge is 2.17. The van der Waals surface area contributed by atoms with Crippen molar-refractivity contribution in [2.45, 2.75) is 42.8 Å². The molecule has 0 N–H and O–H groups in total. The summed E-state index contributed by atoms with van der Waals surface area (Å²) in [4.78, 5) is 0.159. The molecule has 1 aliphatic rings. The maximum atomic E-state index is 6.29. The molecule has 3 rings (SSSR count). The lowest BCUT2D eigenvalue weighted by atomic mass is 9.84. The molecule has 21 heavy (non-hydrogen) atoms. The molecule has 0 aliphatic heterocycles. The van der Waals surface area contributed by atoms with Crippen molar-refractivity contribution in [3.05, 3.63) is 70.2 Å². The van der Waals surface area contributed by atoms with Gasteiger partial charge in [0, 0.05) is 5.02 Å². The van der Waals surface area contributed by atoms with Gasteiger partial charge in [0.15, 0.2) is 0 Å². The Bertz CT molecular complexity index is 585. The molecule has 0 aromatic heterocycles. The molecule has 1 unspecified atom stereocenters. The smallest absolute Gasteiger partial charge is 0.0659 e. The van der Waals surface area contributed by atoms with Crippen LogP contribution in [0.3, 0.4) is 0 Å². The molecular weight excluding hydrogens is 344 g/mol. The fourth-order valence-electron chi connectivity index (χ4n) is 3.23. The van der Waals surface area contributed by atoms with E-state index in [1.165, 1.54) is 43.2 Å². The largest absolute Gasteiger partial charge is 0.0840 e. The summed E-state index contributed by atoms with van der Waals surface area (Å²) in [5, 5.41) is 0.815. The molecule has 1 fully saturated rings. The Labute approximate surface area is 140 Å². The molecule has 0 radical (unpaired) electrons. The van der Waals surface area contributed by atoms with E-state index in [0.717, 1.165) is 16.5 Å². The third-order valence-corrected chi connectivity index (χ3v) is 5.85. The van der Waals surface area contributed by atoms with Gasteiger partial charge in [0.05, 0.1) is 4.83 Å². The van der Waals surface area contributed by atoms with Crippen molar-refractivity contribution in [3.63, 3.8) is 0 Å². The number of halogens is 2. The standard InChI is InChI=1S/C19H20BrCl/c20-19(17-8-4-5-9-18(17)21)16-12-10-15(11-13-16)14-6-2-1-3-7-14/h4-5,8-14,19H,1-3,6-7H2. The number of rotatable bonds is 3. The second kappa shape index (κ2) is 6.98. The minimum absolute atomic E-state index is 0.159. The third-order valence-electron chi connectivity index (χ3n) is 4.48. The normalized spacial score (nSPS) is 17.6. The molecule has 1 saturated carbocycles. The average Bonchev–Trinajstić information content (AvgIpc) is 2.56. The van der Waals surface area contributed by atoms with E-state index in [1.807, 2.05) is 18.2 Å². The van der Waals surface area contributed by atoms with E-state index >= 15 is 0 Å². The minimum atomic E-state index is 0.159. The maximum absolute atomic E-state index is 6.29. The Morgan fingerprint density at radius 2 is 1.57 bits per heavy atom. The minimum Gasteiger partial charge on any atom is -0.0840 e. The van der Waals surface area contributed by atoms with Crippen molar-refractivity contribution in [2.24, 2.45) is 0 Å². The second-order valence-corrected chi connectivity index (χ2v) is 7.21. The third kappa shape index (κ3) is 3.52. The Morgan fingerprint density at radius 1 is 0.905 bits per heavy atom. The van der Waals surface area contributed by atoms with Crippen LogP contribution in [0.2, 0.25) is 5.02 Å². The highest BCUT2D eigenvalue weighted by molar-refractivity contribution is 9.09. The lowest BCUT2D eigenvalue weighted by molar-refractivity contribution is 0.443. The zero-order valence-corrected chi connectivity index (χ0v) is 14.4. The zero-order chi connectivity index (χ0) is 14.7. The predicted molar refractivity (Wildman–Crippen MR) is 94.5 cm³/mol. The van der Waals surface area contributed by atoms with Crippen LogP contribution in [0.4, 0.5) is 0 Å². The number of hydrogen-bond acceptors (Lipinski definition) is 0. The molecule has 2 heteroatoms. The van der Waals surface area contributed by atoms with Gasteiger partial charge in [-0.3, -0.25) is 0 Å². The number of alkyl halides is 1. The molecule has 1 atom stereocenters. The summed E-state index contributed by atoms with van der Waals surface area (Å²) in [6.07, 6.45) is 6.87. The van der Waals surface area contributed by atoms with Gasteiger partial charge in [0.1, 0.15) is 0 Å². The zero-order valence-electron chi connectivity index (χ0n) is 12.1. The van der Waals surface area contributed by atoms with Crippen LogP contribution in [0.1, 0.15) is 59.5 Å². The Balaban J connectivity index is 1.79. The molecular formula is C19H20BrCl. The topological polar surface area (TPSA) is 0 Å². The lowest BCUT2D eigenvalue weighted by Crippen LogP contribution is -2.04. The van der Waals surface area contributed by atoms with Gasteiger partial charge in [0.25, 0.3) is 0 Å². The van der Waals surface area contributed by atoms with Gasteiger partial charge in [-0.2, -0.15) is 0 Å². The van der Waals surface area contributed by atoms with E-state index in [2.05, 4.69) is 46.3 Å². The Morgan fingerprint density at radius 3 is 2.24 bits per heavy atom. The molecule has 0 amide bonds. The first kappa shape index (κ1) is 15.1. The fraction of sp³-hybridized carbons (Fsp3) is 0.368. The summed E-state index contributed by atoms with van der Waals surface area (Å²) in [5.41, 5.74) is 3.89. The summed E-state index contributed by atoms with van der Waals surface area (Å²) in [7, 11) is 0. The van der Waals surface area contributed by atoms with E-state index < -0.39 is 0 Å². The van der Waals surface area contributed by atoms with Crippen LogP contribution in [-0.4, -0.2) is 0 Å². The van der Waals surface area contributed by atoms with Crippen LogP contribution in [0.5, 0.6) is 0 Å². The van der Waals surface area contributed by atoms with Gasteiger partial charge in [-0.25, -0.2) is 0 Å². The first-order valence-electron chi connectivity index (χ1n) is 7.74. The lowest BCUT2D eigenvalue weighted by Gasteiger charge is -2.22. The second-order valence-electron chi connectivity index (χ2n) is 5.89. The quantitative estimate of drug-likeness (QED) is 0.522. The molecule has 0 nitrogen and oxygen atoms in total. The van der Waals surface area contributed by atoms with E-state index in [-0.39, 0.29) is 4.83 Å². The van der Waals surface area contributed by atoms with Crippen LogP contribution >= 0.6 is 27.5 Å². The SMILES string of the molecule is Clc1ccccc1C(Br)c1ccc(C2CCCCC2)cc1. The van der Waals surface area contributed by atoms with Gasteiger partial charge >= 0.3 is 0 Å². The summed E-state index contributed by atoms with van der Waals surface area (Å²) in [5.74, 6) is 0.766. The molecule has 2 aromatic rings. The monoisotopic (exact) mass is 362 g/mol. The number of benzene rings is 2. The van der Waals surface area contributed by atoms with Gasteiger partial charge < -0.3 is 0 Å². The highest BCUT2D eigenvalue weighted by atomic mass is 79.9.